The summed E-state index contributed by atoms with van der Waals surface area (Å²) in [6.07, 6.45) is 0. The molecule has 26 heavy (non-hydrogen) atoms. The van der Waals surface area contributed by atoms with Crippen LogP contribution in [0.2, 0.25) is 0 Å². The molecule has 1 aliphatic rings. The highest BCUT2D eigenvalue weighted by atomic mass is 16.3. The minimum absolute atomic E-state index is 0.0468. The van der Waals surface area contributed by atoms with Crippen molar-refractivity contribution in [2.45, 2.75) is 0 Å². The zero-order chi connectivity index (χ0) is 18.3. The minimum atomic E-state index is -0.345. The highest BCUT2D eigenvalue weighted by molar-refractivity contribution is 6.31. The molecular weight excluding hydrogens is 328 g/mol. The summed E-state index contributed by atoms with van der Waals surface area (Å²) in [7, 11) is 1.83. The Kier molecular flexibility index (Phi) is 3.69. The van der Waals surface area contributed by atoms with Gasteiger partial charge >= 0.3 is 0 Å². The third kappa shape index (κ3) is 2.41. The molecule has 0 radical (unpaired) electrons. The number of ketones is 2. The maximum Gasteiger partial charge on any atom is 0.198 e. The molecule has 0 amide bonds. The van der Waals surface area contributed by atoms with E-state index < -0.39 is 0 Å². The second kappa shape index (κ2) is 6.04. The molecule has 3 N–H and O–H groups in total. The van der Waals surface area contributed by atoms with Gasteiger partial charge < -0.3 is 15.7 Å². The van der Waals surface area contributed by atoms with Crippen LogP contribution in [-0.4, -0.2) is 23.7 Å². The standard InChI is InChI=1S/C21H16N2O3/c1-22-12-6-8-13(9-7-12)23-16-10-11-17(24)19-18(16)20(25)14-4-2-3-5-15(14)21(19)26/h2-11,22-24H,1H3. The van der Waals surface area contributed by atoms with E-state index in [-0.39, 0.29) is 28.4 Å². The van der Waals surface area contributed by atoms with E-state index in [1.165, 1.54) is 6.07 Å². The molecule has 3 aromatic carbocycles. The number of anilines is 3. The van der Waals surface area contributed by atoms with Crippen molar-refractivity contribution >= 4 is 28.6 Å². The Balaban J connectivity index is 1.83. The van der Waals surface area contributed by atoms with Crippen molar-refractivity contribution in [3.8, 4) is 5.75 Å². The molecule has 0 bridgehead atoms. The van der Waals surface area contributed by atoms with E-state index in [1.54, 1.807) is 30.3 Å². The highest BCUT2D eigenvalue weighted by Gasteiger charge is 2.33. The fourth-order valence-corrected chi connectivity index (χ4v) is 3.19. The summed E-state index contributed by atoms with van der Waals surface area (Å²) in [5.74, 6) is -0.814. The van der Waals surface area contributed by atoms with Crippen LogP contribution >= 0.6 is 0 Å². The number of hydrogen-bond donors (Lipinski definition) is 3. The van der Waals surface area contributed by atoms with E-state index in [2.05, 4.69) is 10.6 Å². The minimum Gasteiger partial charge on any atom is -0.507 e. The van der Waals surface area contributed by atoms with Gasteiger partial charge in [0.15, 0.2) is 11.6 Å². The molecule has 0 saturated carbocycles. The number of rotatable bonds is 3. The summed E-state index contributed by atoms with van der Waals surface area (Å²) in [4.78, 5) is 25.8. The molecular formula is C21H16N2O3. The molecule has 0 atom stereocenters. The van der Waals surface area contributed by atoms with Crippen LogP contribution in [0.1, 0.15) is 31.8 Å². The molecule has 5 nitrogen and oxygen atoms in total. The number of phenolic OH excluding ortho intramolecular Hbond substituents is 1. The van der Waals surface area contributed by atoms with Gasteiger partial charge in [-0.2, -0.15) is 0 Å². The molecule has 3 aromatic rings. The lowest BCUT2D eigenvalue weighted by atomic mass is 9.82. The number of carbonyl (C=O) groups is 2. The van der Waals surface area contributed by atoms with Gasteiger partial charge in [-0.15, -0.1) is 0 Å². The first-order chi connectivity index (χ1) is 12.6. The van der Waals surface area contributed by atoms with Crippen molar-refractivity contribution < 1.29 is 14.7 Å². The smallest absolute Gasteiger partial charge is 0.198 e. The molecule has 0 aliphatic heterocycles. The van der Waals surface area contributed by atoms with Crippen LogP contribution in [-0.2, 0) is 0 Å². The van der Waals surface area contributed by atoms with Crippen LogP contribution in [0, 0.1) is 0 Å². The summed E-state index contributed by atoms with van der Waals surface area (Å²) < 4.78 is 0. The second-order valence-corrected chi connectivity index (χ2v) is 6.04. The van der Waals surface area contributed by atoms with Crippen LogP contribution < -0.4 is 10.6 Å². The zero-order valence-electron chi connectivity index (χ0n) is 14.0. The van der Waals surface area contributed by atoms with Crippen molar-refractivity contribution in [3.63, 3.8) is 0 Å². The quantitative estimate of drug-likeness (QED) is 0.491. The zero-order valence-corrected chi connectivity index (χ0v) is 14.0. The molecule has 0 fully saturated rings. The summed E-state index contributed by atoms with van der Waals surface area (Å²) in [5, 5.41) is 16.4. The van der Waals surface area contributed by atoms with Crippen LogP contribution in [0.15, 0.2) is 60.7 Å². The molecule has 0 heterocycles. The fraction of sp³-hybridized carbons (Fsp3) is 0.0476. The Morgan fingerprint density at radius 1 is 0.731 bits per heavy atom. The SMILES string of the molecule is CNc1ccc(Nc2ccc(O)c3c2C(=O)c2ccccc2C3=O)cc1. The highest BCUT2D eigenvalue weighted by Crippen LogP contribution is 2.38. The van der Waals surface area contributed by atoms with Gasteiger partial charge in [0, 0.05) is 29.5 Å². The van der Waals surface area contributed by atoms with Gasteiger partial charge in [0.05, 0.1) is 16.8 Å². The van der Waals surface area contributed by atoms with Crippen molar-refractivity contribution in [1.29, 1.82) is 0 Å². The maximum absolute atomic E-state index is 13.0. The number of aromatic hydroxyl groups is 1. The molecule has 0 aromatic heterocycles. The first-order valence-electron chi connectivity index (χ1n) is 8.19. The normalized spacial score (nSPS) is 12.3. The fourth-order valence-electron chi connectivity index (χ4n) is 3.19. The predicted octanol–water partition coefficient (Wildman–Crippen LogP) is 3.95. The van der Waals surface area contributed by atoms with Crippen molar-refractivity contribution in [2.24, 2.45) is 0 Å². The van der Waals surface area contributed by atoms with Gasteiger partial charge in [-0.25, -0.2) is 0 Å². The molecule has 4 rings (SSSR count). The third-order valence-electron chi connectivity index (χ3n) is 4.51. The second-order valence-electron chi connectivity index (χ2n) is 6.04. The predicted molar refractivity (Wildman–Crippen MR) is 101 cm³/mol. The molecule has 1 aliphatic carbocycles. The number of benzene rings is 3. The lowest BCUT2D eigenvalue weighted by molar-refractivity contribution is 0.0977. The summed E-state index contributed by atoms with van der Waals surface area (Å²) >= 11 is 0. The van der Waals surface area contributed by atoms with Crippen LogP contribution in [0.5, 0.6) is 5.75 Å². The Bertz CT molecular complexity index is 1040. The maximum atomic E-state index is 13.0. The summed E-state index contributed by atoms with van der Waals surface area (Å²) in [6, 6.07) is 17.3. The van der Waals surface area contributed by atoms with Crippen LogP contribution in [0.25, 0.3) is 0 Å². The van der Waals surface area contributed by atoms with Crippen molar-refractivity contribution in [1.82, 2.24) is 0 Å². The average molecular weight is 344 g/mol. The number of nitrogens with one attached hydrogen (secondary N) is 2. The first kappa shape index (κ1) is 15.9. The number of carbonyl (C=O) groups excluding carboxylic acids is 2. The lowest BCUT2D eigenvalue weighted by Gasteiger charge is -2.21. The van der Waals surface area contributed by atoms with Gasteiger partial charge in [0.1, 0.15) is 5.75 Å². The van der Waals surface area contributed by atoms with Crippen molar-refractivity contribution in [3.05, 3.63) is 82.9 Å². The molecule has 0 saturated heterocycles. The summed E-state index contributed by atoms with van der Waals surface area (Å²) in [5.41, 5.74) is 3.14. The van der Waals surface area contributed by atoms with Crippen molar-refractivity contribution in [2.75, 3.05) is 17.7 Å². The van der Waals surface area contributed by atoms with Crippen LogP contribution in [0.4, 0.5) is 17.1 Å². The molecule has 128 valence electrons. The monoisotopic (exact) mass is 344 g/mol. The molecule has 0 unspecified atom stereocenters. The largest absolute Gasteiger partial charge is 0.507 e. The van der Waals surface area contributed by atoms with E-state index >= 15 is 0 Å². The molecule has 0 spiro atoms. The molecule has 5 heteroatoms. The topological polar surface area (TPSA) is 78.4 Å². The van der Waals surface area contributed by atoms with Gasteiger partial charge in [0.2, 0.25) is 0 Å². The van der Waals surface area contributed by atoms with E-state index in [9.17, 15) is 14.7 Å². The van der Waals surface area contributed by atoms with Gasteiger partial charge in [-0.1, -0.05) is 24.3 Å². The lowest BCUT2D eigenvalue weighted by Crippen LogP contribution is -2.22. The van der Waals surface area contributed by atoms with E-state index in [4.69, 9.17) is 0 Å². The van der Waals surface area contributed by atoms with E-state index in [0.29, 0.717) is 16.8 Å². The van der Waals surface area contributed by atoms with Gasteiger partial charge in [0.25, 0.3) is 0 Å². The Hall–Kier alpha value is -3.60. The van der Waals surface area contributed by atoms with E-state index in [0.717, 1.165) is 11.4 Å². The number of phenols is 1. The van der Waals surface area contributed by atoms with Gasteiger partial charge in [-0.05, 0) is 36.4 Å². The Labute approximate surface area is 150 Å². The number of hydrogen-bond acceptors (Lipinski definition) is 5. The Morgan fingerprint density at radius 3 is 1.92 bits per heavy atom. The van der Waals surface area contributed by atoms with Crippen LogP contribution in [0.3, 0.4) is 0 Å². The number of fused-ring (bicyclic) bond motifs is 2. The third-order valence-corrected chi connectivity index (χ3v) is 4.51. The first-order valence-corrected chi connectivity index (χ1v) is 8.19. The Morgan fingerprint density at radius 2 is 1.31 bits per heavy atom. The summed E-state index contributed by atoms with van der Waals surface area (Å²) in [6.45, 7) is 0. The van der Waals surface area contributed by atoms with Gasteiger partial charge in [-0.3, -0.25) is 9.59 Å². The average Bonchev–Trinajstić information content (AvgIpc) is 2.68. The van der Waals surface area contributed by atoms with E-state index in [1.807, 2.05) is 31.3 Å².